The summed E-state index contributed by atoms with van der Waals surface area (Å²) in [6.45, 7) is 4.21. The SMILES string of the molecule is CC1=CC2(C)CC=C1O2. The standard InChI is InChI=1S/C8H10O/c1-6-5-8(2)4-3-7(6)9-8/h3,5H,4H2,1-2H3. The highest BCUT2D eigenvalue weighted by atomic mass is 16.5. The van der Waals surface area contributed by atoms with E-state index in [1.54, 1.807) is 0 Å². The molecule has 0 saturated heterocycles. The van der Waals surface area contributed by atoms with Gasteiger partial charge in [-0.05, 0) is 31.6 Å². The van der Waals surface area contributed by atoms with Crippen LogP contribution in [0, 0.1) is 0 Å². The number of ether oxygens (including phenoxy) is 1. The highest BCUT2D eigenvalue weighted by Gasteiger charge is 2.35. The maximum Gasteiger partial charge on any atom is 0.129 e. The van der Waals surface area contributed by atoms with Gasteiger partial charge in [0.1, 0.15) is 11.4 Å². The number of hydrogen-bond acceptors (Lipinski definition) is 1. The molecule has 2 bridgehead atoms. The van der Waals surface area contributed by atoms with Gasteiger partial charge >= 0.3 is 0 Å². The molecule has 1 unspecified atom stereocenters. The highest BCUT2D eigenvalue weighted by Crippen LogP contribution is 2.40. The van der Waals surface area contributed by atoms with Gasteiger partial charge < -0.3 is 4.74 Å². The van der Waals surface area contributed by atoms with Crippen molar-refractivity contribution in [3.05, 3.63) is 23.5 Å². The zero-order valence-corrected chi connectivity index (χ0v) is 5.77. The van der Waals surface area contributed by atoms with Gasteiger partial charge in [0.25, 0.3) is 0 Å². The summed E-state index contributed by atoms with van der Waals surface area (Å²) in [5, 5.41) is 0. The molecular formula is C8H10O. The Morgan fingerprint density at radius 2 is 2.44 bits per heavy atom. The van der Waals surface area contributed by atoms with E-state index in [2.05, 4.69) is 26.0 Å². The van der Waals surface area contributed by atoms with Crippen LogP contribution >= 0.6 is 0 Å². The van der Waals surface area contributed by atoms with Crippen LogP contribution < -0.4 is 0 Å². The first-order valence-corrected chi connectivity index (χ1v) is 3.29. The summed E-state index contributed by atoms with van der Waals surface area (Å²) in [6, 6.07) is 0. The van der Waals surface area contributed by atoms with Crippen molar-refractivity contribution in [2.24, 2.45) is 0 Å². The van der Waals surface area contributed by atoms with Crippen molar-refractivity contribution < 1.29 is 4.74 Å². The predicted octanol–water partition coefficient (Wildman–Crippen LogP) is 2.01. The fourth-order valence-electron chi connectivity index (χ4n) is 1.49. The molecule has 0 spiro atoms. The van der Waals surface area contributed by atoms with Crippen molar-refractivity contribution in [3.63, 3.8) is 0 Å². The normalized spacial score (nSPS) is 38.0. The lowest BCUT2D eigenvalue weighted by atomic mass is 9.98. The number of rotatable bonds is 0. The van der Waals surface area contributed by atoms with Crippen molar-refractivity contribution >= 4 is 0 Å². The number of fused-ring (bicyclic) bond motifs is 2. The van der Waals surface area contributed by atoms with Crippen molar-refractivity contribution in [1.82, 2.24) is 0 Å². The molecule has 0 aliphatic carbocycles. The molecule has 48 valence electrons. The van der Waals surface area contributed by atoms with Crippen molar-refractivity contribution in [2.75, 3.05) is 0 Å². The van der Waals surface area contributed by atoms with Gasteiger partial charge in [0, 0.05) is 6.42 Å². The maximum absolute atomic E-state index is 5.54. The minimum Gasteiger partial charge on any atom is -0.483 e. The molecule has 2 aliphatic rings. The Balaban J connectivity index is 2.46. The summed E-state index contributed by atoms with van der Waals surface area (Å²) in [5.41, 5.74) is 1.32. The average Bonchev–Trinajstić information content (AvgIpc) is 2.20. The van der Waals surface area contributed by atoms with Gasteiger partial charge in [-0.15, -0.1) is 0 Å². The summed E-state index contributed by atoms with van der Waals surface area (Å²) < 4.78 is 5.54. The minimum absolute atomic E-state index is 0.0272. The van der Waals surface area contributed by atoms with E-state index in [0.717, 1.165) is 12.2 Å². The van der Waals surface area contributed by atoms with Gasteiger partial charge in [0.15, 0.2) is 0 Å². The van der Waals surface area contributed by atoms with E-state index in [1.807, 2.05) is 0 Å². The van der Waals surface area contributed by atoms with Crippen LogP contribution in [0.1, 0.15) is 20.3 Å². The molecule has 1 heteroatoms. The quantitative estimate of drug-likeness (QED) is 0.477. The molecule has 2 heterocycles. The van der Waals surface area contributed by atoms with Gasteiger partial charge in [-0.3, -0.25) is 0 Å². The molecule has 0 saturated carbocycles. The van der Waals surface area contributed by atoms with Gasteiger partial charge in [0.2, 0.25) is 0 Å². The maximum atomic E-state index is 5.54. The number of allylic oxidation sites excluding steroid dienone is 1. The van der Waals surface area contributed by atoms with Gasteiger partial charge in [0.05, 0.1) is 0 Å². The lowest BCUT2D eigenvalue weighted by Crippen LogP contribution is -2.16. The van der Waals surface area contributed by atoms with Gasteiger partial charge in [-0.25, -0.2) is 0 Å². The molecule has 0 aromatic heterocycles. The molecular weight excluding hydrogens is 112 g/mol. The summed E-state index contributed by atoms with van der Waals surface area (Å²) >= 11 is 0. The molecule has 0 fully saturated rings. The first-order valence-electron chi connectivity index (χ1n) is 3.29. The number of hydrogen-bond donors (Lipinski definition) is 0. The molecule has 2 aliphatic heterocycles. The van der Waals surface area contributed by atoms with E-state index in [1.165, 1.54) is 5.57 Å². The summed E-state index contributed by atoms with van der Waals surface area (Å²) in [6.07, 6.45) is 5.41. The molecule has 2 rings (SSSR count). The fourth-order valence-corrected chi connectivity index (χ4v) is 1.49. The Hall–Kier alpha value is -0.720. The molecule has 0 radical (unpaired) electrons. The molecule has 1 atom stereocenters. The molecule has 9 heavy (non-hydrogen) atoms. The van der Waals surface area contributed by atoms with E-state index in [4.69, 9.17) is 4.74 Å². The second kappa shape index (κ2) is 1.23. The highest BCUT2D eigenvalue weighted by molar-refractivity contribution is 5.38. The van der Waals surface area contributed by atoms with E-state index < -0.39 is 0 Å². The third-order valence-corrected chi connectivity index (χ3v) is 1.95. The van der Waals surface area contributed by atoms with Crippen molar-refractivity contribution in [1.29, 1.82) is 0 Å². The average molecular weight is 122 g/mol. The van der Waals surface area contributed by atoms with Crippen LogP contribution in [0.2, 0.25) is 0 Å². The third kappa shape index (κ3) is 0.546. The van der Waals surface area contributed by atoms with Crippen LogP contribution in [0.5, 0.6) is 0 Å². The Bertz CT molecular complexity index is 213. The van der Waals surface area contributed by atoms with Crippen LogP contribution in [0.25, 0.3) is 0 Å². The Morgan fingerprint density at radius 1 is 1.67 bits per heavy atom. The fraction of sp³-hybridized carbons (Fsp3) is 0.500. The zero-order valence-electron chi connectivity index (χ0n) is 5.77. The van der Waals surface area contributed by atoms with Crippen LogP contribution in [0.15, 0.2) is 23.5 Å². The summed E-state index contributed by atoms with van der Waals surface area (Å²) in [5.74, 6) is 1.09. The first-order chi connectivity index (χ1) is 4.20. The van der Waals surface area contributed by atoms with Crippen LogP contribution in [0.4, 0.5) is 0 Å². The second-order valence-corrected chi connectivity index (χ2v) is 3.01. The van der Waals surface area contributed by atoms with E-state index in [0.29, 0.717) is 0 Å². The first kappa shape index (κ1) is 5.10. The predicted molar refractivity (Wildman–Crippen MR) is 35.9 cm³/mol. The summed E-state index contributed by atoms with van der Waals surface area (Å²) in [4.78, 5) is 0. The largest absolute Gasteiger partial charge is 0.483 e. The Labute approximate surface area is 55.0 Å². The molecule has 0 aromatic rings. The lowest BCUT2D eigenvalue weighted by Gasteiger charge is -2.14. The van der Waals surface area contributed by atoms with Crippen molar-refractivity contribution in [2.45, 2.75) is 25.9 Å². The zero-order chi connectivity index (χ0) is 6.48. The van der Waals surface area contributed by atoms with E-state index >= 15 is 0 Å². The molecule has 0 amide bonds. The van der Waals surface area contributed by atoms with Crippen LogP contribution in [0.3, 0.4) is 0 Å². The van der Waals surface area contributed by atoms with E-state index in [-0.39, 0.29) is 5.60 Å². The van der Waals surface area contributed by atoms with Gasteiger partial charge in [-0.1, -0.05) is 0 Å². The lowest BCUT2D eigenvalue weighted by molar-refractivity contribution is 0.111. The monoisotopic (exact) mass is 122 g/mol. The van der Waals surface area contributed by atoms with Crippen LogP contribution in [-0.4, -0.2) is 5.60 Å². The van der Waals surface area contributed by atoms with Gasteiger partial charge in [-0.2, -0.15) is 0 Å². The molecule has 1 nitrogen and oxygen atoms in total. The van der Waals surface area contributed by atoms with Crippen molar-refractivity contribution in [3.8, 4) is 0 Å². The summed E-state index contributed by atoms with van der Waals surface area (Å²) in [7, 11) is 0. The second-order valence-electron chi connectivity index (χ2n) is 3.01. The van der Waals surface area contributed by atoms with Crippen LogP contribution in [-0.2, 0) is 4.74 Å². The molecule has 0 N–H and O–H groups in total. The molecule has 0 aromatic carbocycles. The topological polar surface area (TPSA) is 9.23 Å². The minimum atomic E-state index is 0.0272. The Morgan fingerprint density at radius 3 is 2.67 bits per heavy atom. The smallest absolute Gasteiger partial charge is 0.129 e. The Kier molecular flexibility index (Phi) is 0.696. The van der Waals surface area contributed by atoms with E-state index in [9.17, 15) is 0 Å². The third-order valence-electron chi connectivity index (χ3n) is 1.95.